The first-order chi connectivity index (χ1) is 5.95. The summed E-state index contributed by atoms with van der Waals surface area (Å²) in [4.78, 5) is 14.9. The van der Waals surface area contributed by atoms with Crippen LogP contribution in [0.2, 0.25) is 0 Å². The van der Waals surface area contributed by atoms with E-state index in [0.717, 1.165) is 0 Å². The van der Waals surface area contributed by atoms with E-state index in [9.17, 15) is 4.79 Å². The molecule has 0 fully saturated rings. The van der Waals surface area contributed by atoms with Crippen LogP contribution in [0.3, 0.4) is 0 Å². The lowest BCUT2D eigenvalue weighted by Gasteiger charge is -2.12. The number of oxazole rings is 1. The number of nitrogens with two attached hydrogens (primary N) is 1. The zero-order valence-electron chi connectivity index (χ0n) is 8.13. The maximum atomic E-state index is 11.1. The predicted molar refractivity (Wildman–Crippen MR) is 48.6 cm³/mol. The van der Waals surface area contributed by atoms with E-state index >= 15 is 0 Å². The van der Waals surface area contributed by atoms with Gasteiger partial charge >= 0.3 is 0 Å². The minimum atomic E-state index is -0.268. The number of hydrogen-bond donors (Lipinski definition) is 1. The van der Waals surface area contributed by atoms with Gasteiger partial charge in [0.05, 0.1) is 12.7 Å². The van der Waals surface area contributed by atoms with Crippen LogP contribution in [0.5, 0.6) is 0 Å². The van der Waals surface area contributed by atoms with E-state index in [2.05, 4.69) is 4.98 Å². The average molecular weight is 182 g/mol. The van der Waals surface area contributed by atoms with Gasteiger partial charge in [0.25, 0.3) is 5.89 Å². The summed E-state index contributed by atoms with van der Waals surface area (Å²) in [6.07, 6.45) is 1.57. The van der Waals surface area contributed by atoms with Crippen LogP contribution in [0.25, 0.3) is 0 Å². The molecule has 0 aliphatic rings. The second kappa shape index (κ2) is 3.30. The van der Waals surface area contributed by atoms with E-state index in [4.69, 9.17) is 10.2 Å². The van der Waals surface area contributed by atoms with Crippen LogP contribution in [-0.2, 0) is 5.41 Å². The third-order valence-corrected chi connectivity index (χ3v) is 1.67. The Morgan fingerprint density at radius 2 is 2.23 bits per heavy atom. The third kappa shape index (κ3) is 2.15. The zero-order valence-corrected chi connectivity index (χ0v) is 8.13. The lowest BCUT2D eigenvalue weighted by atomic mass is 9.94. The normalized spacial score (nSPS) is 11.7. The molecule has 2 N–H and O–H groups in total. The molecule has 0 bridgehead atoms. The van der Waals surface area contributed by atoms with Crippen LogP contribution in [0, 0.1) is 0 Å². The van der Waals surface area contributed by atoms with Crippen molar-refractivity contribution in [3.8, 4) is 0 Å². The van der Waals surface area contributed by atoms with Crippen LogP contribution in [0.4, 0.5) is 0 Å². The molecule has 0 aliphatic carbocycles. The van der Waals surface area contributed by atoms with Crippen molar-refractivity contribution in [1.29, 1.82) is 0 Å². The van der Waals surface area contributed by atoms with Gasteiger partial charge in [-0.2, -0.15) is 0 Å². The summed E-state index contributed by atoms with van der Waals surface area (Å²) in [6.45, 7) is 5.91. The number of aromatic nitrogens is 1. The van der Waals surface area contributed by atoms with Gasteiger partial charge in [0.2, 0.25) is 5.78 Å². The van der Waals surface area contributed by atoms with Crippen molar-refractivity contribution in [3.05, 3.63) is 17.8 Å². The van der Waals surface area contributed by atoms with Crippen LogP contribution in [0.15, 0.2) is 10.6 Å². The van der Waals surface area contributed by atoms with Gasteiger partial charge in [-0.25, -0.2) is 4.98 Å². The first-order valence-corrected chi connectivity index (χ1v) is 4.14. The van der Waals surface area contributed by atoms with Gasteiger partial charge in [-0.15, -0.1) is 0 Å². The van der Waals surface area contributed by atoms with Crippen LogP contribution < -0.4 is 5.73 Å². The van der Waals surface area contributed by atoms with Crippen molar-refractivity contribution < 1.29 is 9.21 Å². The summed E-state index contributed by atoms with van der Waals surface area (Å²) in [5, 5.41) is 0. The molecule has 4 nitrogen and oxygen atoms in total. The van der Waals surface area contributed by atoms with Gasteiger partial charge in [0.1, 0.15) is 5.76 Å². The maximum Gasteiger partial charge on any atom is 0.264 e. The molecular formula is C9H14N2O2. The van der Waals surface area contributed by atoms with Gasteiger partial charge in [-0.3, -0.25) is 4.79 Å². The van der Waals surface area contributed by atoms with Crippen LogP contribution >= 0.6 is 0 Å². The molecule has 1 rings (SSSR count). The molecule has 0 aromatic carbocycles. The Balaban J connectivity index is 2.93. The molecule has 0 spiro atoms. The van der Waals surface area contributed by atoms with Crippen molar-refractivity contribution in [1.82, 2.24) is 4.98 Å². The number of rotatable bonds is 2. The summed E-state index contributed by atoms with van der Waals surface area (Å²) in [5.41, 5.74) is 5.05. The number of Topliss-reactive ketones (excluding diaryl/α,β-unsaturated/α-hetero) is 1. The van der Waals surface area contributed by atoms with Gasteiger partial charge in [0, 0.05) is 5.41 Å². The Kier molecular flexibility index (Phi) is 2.52. The van der Waals surface area contributed by atoms with Crippen molar-refractivity contribution in [2.75, 3.05) is 6.54 Å². The van der Waals surface area contributed by atoms with Crippen molar-refractivity contribution in [3.63, 3.8) is 0 Å². The minimum absolute atomic E-state index is 0.0654. The second-order valence-corrected chi connectivity index (χ2v) is 3.91. The van der Waals surface area contributed by atoms with E-state index in [1.807, 2.05) is 20.8 Å². The summed E-state index contributed by atoms with van der Waals surface area (Å²) in [6, 6.07) is 0. The van der Waals surface area contributed by atoms with E-state index in [-0.39, 0.29) is 23.6 Å². The van der Waals surface area contributed by atoms with Gasteiger partial charge in [-0.05, 0) is 0 Å². The SMILES string of the molecule is CC(C)(C)c1cnc(C(=O)CN)o1. The standard InChI is InChI=1S/C9H14N2O2/c1-9(2,3)7-5-11-8(13-7)6(12)4-10/h5H,4,10H2,1-3H3. The molecule has 0 amide bonds. The Labute approximate surface area is 77.1 Å². The van der Waals surface area contributed by atoms with Gasteiger partial charge in [-0.1, -0.05) is 20.8 Å². The highest BCUT2D eigenvalue weighted by atomic mass is 16.4. The number of nitrogens with zero attached hydrogens (tertiary/aromatic N) is 1. The van der Waals surface area contributed by atoms with Gasteiger partial charge < -0.3 is 10.2 Å². The molecule has 0 saturated heterocycles. The number of hydrogen-bond acceptors (Lipinski definition) is 4. The highest BCUT2D eigenvalue weighted by molar-refractivity contribution is 5.93. The quantitative estimate of drug-likeness (QED) is 0.696. The fraction of sp³-hybridized carbons (Fsp3) is 0.556. The van der Waals surface area contributed by atoms with Crippen molar-refractivity contribution in [2.24, 2.45) is 5.73 Å². The minimum Gasteiger partial charge on any atom is -0.438 e. The van der Waals surface area contributed by atoms with Crippen LogP contribution in [0.1, 0.15) is 37.2 Å². The molecule has 13 heavy (non-hydrogen) atoms. The highest BCUT2D eigenvalue weighted by Crippen LogP contribution is 2.22. The molecule has 0 atom stereocenters. The fourth-order valence-electron chi connectivity index (χ4n) is 0.837. The molecule has 0 radical (unpaired) electrons. The Morgan fingerprint density at radius 3 is 2.62 bits per heavy atom. The predicted octanol–water partition coefficient (Wildman–Crippen LogP) is 1.11. The molecule has 0 unspecified atom stereocenters. The van der Waals surface area contributed by atoms with Gasteiger partial charge in [0.15, 0.2) is 0 Å². The third-order valence-electron chi connectivity index (χ3n) is 1.67. The highest BCUT2D eigenvalue weighted by Gasteiger charge is 2.20. The van der Waals surface area contributed by atoms with Crippen molar-refractivity contribution >= 4 is 5.78 Å². The molecule has 72 valence electrons. The first-order valence-electron chi connectivity index (χ1n) is 4.14. The number of ketones is 1. The van der Waals surface area contributed by atoms with Crippen LogP contribution in [-0.4, -0.2) is 17.3 Å². The second-order valence-electron chi connectivity index (χ2n) is 3.91. The smallest absolute Gasteiger partial charge is 0.264 e. The maximum absolute atomic E-state index is 11.1. The summed E-state index contributed by atoms with van der Waals surface area (Å²) < 4.78 is 5.26. The number of carbonyl (C=O) groups is 1. The fourth-order valence-corrected chi connectivity index (χ4v) is 0.837. The largest absolute Gasteiger partial charge is 0.438 e. The van der Waals surface area contributed by atoms with Crippen molar-refractivity contribution in [2.45, 2.75) is 26.2 Å². The van der Waals surface area contributed by atoms with E-state index in [1.165, 1.54) is 0 Å². The Hall–Kier alpha value is -1.16. The zero-order chi connectivity index (χ0) is 10.1. The summed E-state index contributed by atoms with van der Waals surface area (Å²) in [7, 11) is 0. The average Bonchev–Trinajstić information content (AvgIpc) is 2.50. The Bertz CT molecular complexity index is 310. The number of carbonyl (C=O) groups excluding carboxylic acids is 1. The first kappa shape index (κ1) is 9.92. The molecule has 4 heteroatoms. The molecule has 1 aromatic rings. The molecule has 0 aliphatic heterocycles. The molecule has 1 aromatic heterocycles. The van der Waals surface area contributed by atoms with E-state index in [1.54, 1.807) is 6.20 Å². The van der Waals surface area contributed by atoms with E-state index in [0.29, 0.717) is 5.76 Å². The molecule has 0 saturated carbocycles. The summed E-state index contributed by atoms with van der Waals surface area (Å²) >= 11 is 0. The summed E-state index contributed by atoms with van der Waals surface area (Å²) in [5.74, 6) is 0.534. The lowest BCUT2D eigenvalue weighted by molar-refractivity contribution is 0.0965. The van der Waals surface area contributed by atoms with E-state index < -0.39 is 0 Å². The molecule has 1 heterocycles. The monoisotopic (exact) mass is 182 g/mol. The lowest BCUT2D eigenvalue weighted by Crippen LogP contribution is -2.14. The topological polar surface area (TPSA) is 69.1 Å². The Morgan fingerprint density at radius 1 is 1.62 bits per heavy atom. The molecular weight excluding hydrogens is 168 g/mol.